The topological polar surface area (TPSA) is 29.5 Å². The lowest BCUT2D eigenvalue weighted by Gasteiger charge is -2.33. The van der Waals surface area contributed by atoms with Crippen molar-refractivity contribution in [3.63, 3.8) is 0 Å². The second kappa shape index (κ2) is 6.92. The molecule has 0 saturated carbocycles. The molecule has 1 unspecified atom stereocenters. The normalized spacial score (nSPS) is 19.5. The predicted molar refractivity (Wildman–Crippen MR) is 76.3 cm³/mol. The molecule has 1 fully saturated rings. The molecule has 1 amide bonds. The van der Waals surface area contributed by atoms with Crippen LogP contribution in [0.1, 0.15) is 37.9 Å². The van der Waals surface area contributed by atoms with Crippen LogP contribution >= 0.6 is 11.6 Å². The minimum Gasteiger partial charge on any atom is -0.370 e. The lowest BCUT2D eigenvalue weighted by atomic mass is 10.1. The van der Waals surface area contributed by atoms with E-state index < -0.39 is 0 Å². The van der Waals surface area contributed by atoms with Gasteiger partial charge in [0.15, 0.2) is 0 Å². The van der Waals surface area contributed by atoms with Crippen molar-refractivity contribution in [2.45, 2.75) is 32.3 Å². The Morgan fingerprint density at radius 1 is 1.53 bits per heavy atom. The molecule has 0 spiro atoms. The van der Waals surface area contributed by atoms with Crippen molar-refractivity contribution in [1.29, 1.82) is 0 Å². The first-order valence-electron chi connectivity index (χ1n) is 6.85. The molecule has 0 aliphatic carbocycles. The lowest BCUT2D eigenvalue weighted by Crippen LogP contribution is -2.42. The van der Waals surface area contributed by atoms with Gasteiger partial charge in [0.1, 0.15) is 6.10 Å². The SMILES string of the molecule is CCCCC(=O)N1CCOC(c2cccc(Cl)c2)C1. The molecule has 0 N–H and O–H groups in total. The summed E-state index contributed by atoms with van der Waals surface area (Å²) in [5, 5.41) is 0.704. The molecular weight excluding hydrogens is 262 g/mol. The fourth-order valence-electron chi connectivity index (χ4n) is 2.27. The van der Waals surface area contributed by atoms with Crippen molar-refractivity contribution in [2.75, 3.05) is 19.7 Å². The van der Waals surface area contributed by atoms with E-state index in [1.165, 1.54) is 0 Å². The van der Waals surface area contributed by atoms with E-state index in [-0.39, 0.29) is 12.0 Å². The van der Waals surface area contributed by atoms with Crippen molar-refractivity contribution in [2.24, 2.45) is 0 Å². The van der Waals surface area contributed by atoms with Crippen molar-refractivity contribution < 1.29 is 9.53 Å². The molecule has 1 aliphatic rings. The summed E-state index contributed by atoms with van der Waals surface area (Å²) < 4.78 is 5.75. The predicted octanol–water partition coefficient (Wildman–Crippen LogP) is 3.43. The Morgan fingerprint density at radius 3 is 3.11 bits per heavy atom. The average Bonchev–Trinajstić information content (AvgIpc) is 2.45. The molecule has 2 rings (SSSR count). The van der Waals surface area contributed by atoms with Crippen LogP contribution in [0.3, 0.4) is 0 Å². The number of unbranched alkanes of at least 4 members (excludes halogenated alkanes) is 1. The summed E-state index contributed by atoms with van der Waals surface area (Å²) in [6, 6.07) is 7.67. The summed E-state index contributed by atoms with van der Waals surface area (Å²) in [7, 11) is 0. The Kier molecular flexibility index (Phi) is 5.23. The number of halogens is 1. The van der Waals surface area contributed by atoms with Crippen LogP contribution in [-0.2, 0) is 9.53 Å². The summed E-state index contributed by atoms with van der Waals surface area (Å²) >= 11 is 6.00. The highest BCUT2D eigenvalue weighted by Gasteiger charge is 2.24. The van der Waals surface area contributed by atoms with Gasteiger partial charge in [0.2, 0.25) is 5.91 Å². The highest BCUT2D eigenvalue weighted by Crippen LogP contribution is 2.25. The van der Waals surface area contributed by atoms with Crippen LogP contribution in [0.5, 0.6) is 0 Å². The second-order valence-electron chi connectivity index (χ2n) is 4.86. The Labute approximate surface area is 119 Å². The maximum Gasteiger partial charge on any atom is 0.222 e. The molecule has 1 aliphatic heterocycles. The first kappa shape index (κ1) is 14.4. The van der Waals surface area contributed by atoms with E-state index in [2.05, 4.69) is 6.92 Å². The van der Waals surface area contributed by atoms with Crippen LogP contribution < -0.4 is 0 Å². The quantitative estimate of drug-likeness (QED) is 0.846. The summed E-state index contributed by atoms with van der Waals surface area (Å²) in [5.41, 5.74) is 1.04. The van der Waals surface area contributed by atoms with Gasteiger partial charge < -0.3 is 9.64 Å². The number of amides is 1. The highest BCUT2D eigenvalue weighted by atomic mass is 35.5. The van der Waals surface area contributed by atoms with E-state index in [1.54, 1.807) is 0 Å². The second-order valence-corrected chi connectivity index (χ2v) is 5.29. The summed E-state index contributed by atoms with van der Waals surface area (Å²) in [5.74, 6) is 0.233. The molecule has 4 heteroatoms. The number of benzene rings is 1. The van der Waals surface area contributed by atoms with Gasteiger partial charge in [0.25, 0.3) is 0 Å². The Hall–Kier alpha value is -1.06. The zero-order valence-electron chi connectivity index (χ0n) is 11.3. The minimum absolute atomic E-state index is 0.0574. The number of rotatable bonds is 4. The number of carbonyl (C=O) groups is 1. The molecule has 0 radical (unpaired) electrons. The van der Waals surface area contributed by atoms with Gasteiger partial charge in [-0.2, -0.15) is 0 Å². The molecule has 0 aromatic heterocycles. The fraction of sp³-hybridized carbons (Fsp3) is 0.533. The zero-order chi connectivity index (χ0) is 13.7. The number of ether oxygens (including phenoxy) is 1. The molecule has 1 aromatic carbocycles. The number of carbonyl (C=O) groups excluding carboxylic acids is 1. The molecule has 3 nitrogen and oxygen atoms in total. The van der Waals surface area contributed by atoms with Crippen LogP contribution in [0.4, 0.5) is 0 Å². The number of hydrogen-bond acceptors (Lipinski definition) is 2. The van der Waals surface area contributed by atoms with Gasteiger partial charge in [0, 0.05) is 18.0 Å². The van der Waals surface area contributed by atoms with E-state index in [4.69, 9.17) is 16.3 Å². The zero-order valence-corrected chi connectivity index (χ0v) is 12.0. The van der Waals surface area contributed by atoms with Crippen molar-refractivity contribution in [3.05, 3.63) is 34.9 Å². The summed E-state index contributed by atoms with van der Waals surface area (Å²) in [6.07, 6.45) is 2.59. The summed E-state index contributed by atoms with van der Waals surface area (Å²) in [4.78, 5) is 14.0. The summed E-state index contributed by atoms with van der Waals surface area (Å²) in [6.45, 7) is 4.01. The third-order valence-electron chi connectivity index (χ3n) is 3.38. The van der Waals surface area contributed by atoms with E-state index in [9.17, 15) is 4.79 Å². The van der Waals surface area contributed by atoms with Crippen molar-refractivity contribution >= 4 is 17.5 Å². The van der Waals surface area contributed by atoms with Gasteiger partial charge in [-0.15, -0.1) is 0 Å². The number of hydrogen-bond donors (Lipinski definition) is 0. The maximum atomic E-state index is 12.0. The van der Waals surface area contributed by atoms with Crippen LogP contribution in [0.25, 0.3) is 0 Å². The average molecular weight is 282 g/mol. The van der Waals surface area contributed by atoms with Gasteiger partial charge in [-0.3, -0.25) is 4.79 Å². The van der Waals surface area contributed by atoms with E-state index in [1.807, 2.05) is 29.2 Å². The van der Waals surface area contributed by atoms with Gasteiger partial charge in [-0.25, -0.2) is 0 Å². The standard InChI is InChI=1S/C15H20ClNO2/c1-2-3-7-15(18)17-8-9-19-14(11-17)12-5-4-6-13(16)10-12/h4-6,10,14H,2-3,7-9,11H2,1H3. The molecule has 1 heterocycles. The molecule has 19 heavy (non-hydrogen) atoms. The third kappa shape index (κ3) is 3.95. The van der Waals surface area contributed by atoms with E-state index >= 15 is 0 Å². The van der Waals surface area contributed by atoms with E-state index in [0.717, 1.165) is 18.4 Å². The van der Waals surface area contributed by atoms with Crippen LogP contribution in [-0.4, -0.2) is 30.5 Å². The minimum atomic E-state index is -0.0574. The van der Waals surface area contributed by atoms with Crippen LogP contribution in [0.15, 0.2) is 24.3 Å². The lowest BCUT2D eigenvalue weighted by molar-refractivity contribution is -0.139. The highest BCUT2D eigenvalue weighted by molar-refractivity contribution is 6.30. The van der Waals surface area contributed by atoms with Gasteiger partial charge >= 0.3 is 0 Å². The van der Waals surface area contributed by atoms with Crippen LogP contribution in [0, 0.1) is 0 Å². The smallest absolute Gasteiger partial charge is 0.222 e. The largest absolute Gasteiger partial charge is 0.370 e. The molecule has 0 bridgehead atoms. The monoisotopic (exact) mass is 281 g/mol. The van der Waals surface area contributed by atoms with Gasteiger partial charge in [0.05, 0.1) is 13.2 Å². The molecule has 1 aromatic rings. The fourth-order valence-corrected chi connectivity index (χ4v) is 2.47. The number of morpholine rings is 1. The first-order valence-corrected chi connectivity index (χ1v) is 7.23. The maximum absolute atomic E-state index is 12.0. The van der Waals surface area contributed by atoms with Gasteiger partial charge in [-0.05, 0) is 24.1 Å². The molecule has 104 valence electrons. The Balaban J connectivity index is 1.99. The Morgan fingerprint density at radius 2 is 2.37 bits per heavy atom. The van der Waals surface area contributed by atoms with E-state index in [0.29, 0.717) is 31.1 Å². The van der Waals surface area contributed by atoms with Gasteiger partial charge in [-0.1, -0.05) is 37.1 Å². The molecular formula is C15H20ClNO2. The van der Waals surface area contributed by atoms with Crippen LogP contribution in [0.2, 0.25) is 5.02 Å². The first-order chi connectivity index (χ1) is 9.20. The molecule has 1 atom stereocenters. The van der Waals surface area contributed by atoms with Crippen molar-refractivity contribution in [1.82, 2.24) is 4.90 Å². The van der Waals surface area contributed by atoms with Crippen molar-refractivity contribution in [3.8, 4) is 0 Å². The third-order valence-corrected chi connectivity index (χ3v) is 3.62. The molecule has 1 saturated heterocycles. The Bertz CT molecular complexity index is 436. The number of nitrogens with zero attached hydrogens (tertiary/aromatic N) is 1.